The van der Waals surface area contributed by atoms with Crippen LogP contribution in [0.15, 0.2) is 11.6 Å². The molecular formula is C27H46O. The summed E-state index contributed by atoms with van der Waals surface area (Å²) in [6.45, 7) is 12.9. The molecule has 160 valence electrons. The summed E-state index contributed by atoms with van der Waals surface area (Å²) in [4.78, 5) is 0. The van der Waals surface area contributed by atoms with Crippen LogP contribution in [-0.4, -0.2) is 11.7 Å². The molecule has 8 atom stereocenters. The van der Waals surface area contributed by atoms with Crippen molar-refractivity contribution in [3.63, 3.8) is 0 Å². The van der Waals surface area contributed by atoms with Gasteiger partial charge in [0.1, 0.15) is 0 Å². The molecule has 28 heavy (non-hydrogen) atoms. The highest BCUT2D eigenvalue weighted by atomic mass is 16.3. The van der Waals surface area contributed by atoms with Crippen molar-refractivity contribution in [3.05, 3.63) is 11.6 Å². The smallest absolute Gasteiger partial charge is 0.0496 e. The van der Waals surface area contributed by atoms with E-state index in [1.165, 1.54) is 64.2 Å². The summed E-state index contributed by atoms with van der Waals surface area (Å²) in [5, 5.41) is 9.87. The predicted molar refractivity (Wildman–Crippen MR) is 119 cm³/mol. The van der Waals surface area contributed by atoms with Crippen LogP contribution in [0.2, 0.25) is 0 Å². The molecule has 0 bridgehead atoms. The molecular weight excluding hydrogens is 340 g/mol. The molecule has 0 heterocycles. The van der Waals surface area contributed by atoms with E-state index in [0.29, 0.717) is 23.4 Å². The highest BCUT2D eigenvalue weighted by Crippen LogP contribution is 2.68. The lowest BCUT2D eigenvalue weighted by Crippen LogP contribution is -2.48. The molecule has 0 amide bonds. The lowest BCUT2D eigenvalue weighted by atomic mass is 9.49. The van der Waals surface area contributed by atoms with Gasteiger partial charge in [0.05, 0.1) is 0 Å². The minimum atomic E-state index is 0.371. The third-order valence-electron chi connectivity index (χ3n) is 10.4. The summed E-state index contributed by atoms with van der Waals surface area (Å²) >= 11 is 0. The Labute approximate surface area is 174 Å². The number of rotatable bonds is 6. The Hall–Kier alpha value is -0.300. The Morgan fingerprint density at radius 2 is 1.79 bits per heavy atom. The molecule has 0 radical (unpaired) electrons. The summed E-state index contributed by atoms with van der Waals surface area (Å²) in [5.41, 5.74) is 2.64. The Morgan fingerprint density at radius 1 is 1.00 bits per heavy atom. The Kier molecular flexibility index (Phi) is 5.80. The molecule has 0 aliphatic heterocycles. The molecule has 0 aromatic heterocycles. The van der Waals surface area contributed by atoms with Gasteiger partial charge in [0.25, 0.3) is 0 Å². The maximum atomic E-state index is 9.87. The van der Waals surface area contributed by atoms with E-state index < -0.39 is 0 Å². The molecule has 0 aromatic rings. The van der Waals surface area contributed by atoms with Crippen LogP contribution in [0.5, 0.6) is 0 Å². The van der Waals surface area contributed by atoms with Crippen LogP contribution in [0.25, 0.3) is 0 Å². The number of aliphatic hydroxyl groups is 1. The molecule has 3 saturated carbocycles. The molecule has 1 nitrogen and oxygen atoms in total. The molecule has 4 rings (SSSR count). The third kappa shape index (κ3) is 3.23. The van der Waals surface area contributed by atoms with Gasteiger partial charge < -0.3 is 5.11 Å². The first kappa shape index (κ1) is 21.0. The molecule has 4 aliphatic rings. The molecule has 3 fully saturated rings. The fraction of sp³-hybridized carbons (Fsp3) is 0.926. The molecule has 0 saturated heterocycles. The largest absolute Gasteiger partial charge is 0.396 e. The Bertz CT molecular complexity index is 591. The van der Waals surface area contributed by atoms with E-state index in [4.69, 9.17) is 0 Å². The highest BCUT2D eigenvalue weighted by Gasteiger charge is 2.60. The lowest BCUT2D eigenvalue weighted by molar-refractivity contribution is -0.0423. The van der Waals surface area contributed by atoms with Crippen molar-refractivity contribution in [2.45, 2.75) is 98.8 Å². The van der Waals surface area contributed by atoms with Gasteiger partial charge in [-0.1, -0.05) is 65.5 Å². The van der Waals surface area contributed by atoms with Gasteiger partial charge in [0, 0.05) is 12.5 Å². The minimum Gasteiger partial charge on any atom is -0.396 e. The number of hydrogen-bond donors (Lipinski definition) is 1. The first-order valence-corrected chi connectivity index (χ1v) is 12.6. The van der Waals surface area contributed by atoms with Gasteiger partial charge in [-0.05, 0) is 91.3 Å². The standard InChI is InChI=1S/C27H46O/c1-18(2)7-6-8-19(3)22-11-12-24-21-9-10-23-20(17-28)13-15-27(23,5)25(21)14-16-26(22,24)4/h10,18-22,24-25,28H,6-9,11-17H2,1-5H3/t19-,20-,21+,22-,24+,25+,26-,27+/m1/s1. The monoisotopic (exact) mass is 386 g/mol. The van der Waals surface area contributed by atoms with E-state index in [1.54, 1.807) is 5.57 Å². The number of fused-ring (bicyclic) bond motifs is 5. The van der Waals surface area contributed by atoms with Crippen LogP contribution >= 0.6 is 0 Å². The van der Waals surface area contributed by atoms with E-state index in [9.17, 15) is 5.11 Å². The van der Waals surface area contributed by atoms with Crippen molar-refractivity contribution in [1.29, 1.82) is 0 Å². The number of aliphatic hydroxyl groups excluding tert-OH is 1. The van der Waals surface area contributed by atoms with Crippen molar-refractivity contribution < 1.29 is 5.11 Å². The van der Waals surface area contributed by atoms with Crippen LogP contribution < -0.4 is 0 Å². The average molecular weight is 387 g/mol. The van der Waals surface area contributed by atoms with Crippen molar-refractivity contribution in [2.75, 3.05) is 6.61 Å². The third-order valence-corrected chi connectivity index (χ3v) is 10.4. The summed E-state index contributed by atoms with van der Waals surface area (Å²) in [6.07, 6.45) is 16.6. The second-order valence-corrected chi connectivity index (χ2v) is 12.1. The van der Waals surface area contributed by atoms with Crippen LogP contribution in [0.4, 0.5) is 0 Å². The van der Waals surface area contributed by atoms with Crippen molar-refractivity contribution in [3.8, 4) is 0 Å². The quantitative estimate of drug-likeness (QED) is 0.477. The van der Waals surface area contributed by atoms with Crippen LogP contribution in [0.3, 0.4) is 0 Å². The first-order valence-electron chi connectivity index (χ1n) is 12.6. The van der Waals surface area contributed by atoms with E-state index in [-0.39, 0.29) is 0 Å². The van der Waals surface area contributed by atoms with Crippen molar-refractivity contribution >= 4 is 0 Å². The normalized spacial score (nSPS) is 46.1. The molecule has 1 N–H and O–H groups in total. The van der Waals surface area contributed by atoms with Crippen molar-refractivity contribution in [1.82, 2.24) is 0 Å². The van der Waals surface area contributed by atoms with Gasteiger partial charge >= 0.3 is 0 Å². The topological polar surface area (TPSA) is 20.2 Å². The molecule has 0 spiro atoms. The SMILES string of the molecule is CC(C)CCC[C@@H](C)[C@H]1CC[C@H]2[C@@H]3CC=C4[C@@H](CO)CC[C@]4(C)[C@H]3CC[C@]12C. The number of allylic oxidation sites excluding steroid dienone is 1. The van der Waals surface area contributed by atoms with Gasteiger partial charge in [0.2, 0.25) is 0 Å². The maximum absolute atomic E-state index is 9.87. The van der Waals surface area contributed by atoms with Crippen LogP contribution in [0, 0.1) is 52.3 Å². The van der Waals surface area contributed by atoms with Gasteiger partial charge in [-0.2, -0.15) is 0 Å². The predicted octanol–water partition coefficient (Wildman–Crippen LogP) is 7.25. The molecule has 4 aliphatic carbocycles. The average Bonchev–Trinajstić information content (AvgIpc) is 3.17. The van der Waals surface area contributed by atoms with Gasteiger partial charge in [0.15, 0.2) is 0 Å². The highest BCUT2D eigenvalue weighted by molar-refractivity contribution is 5.28. The Morgan fingerprint density at radius 3 is 2.50 bits per heavy atom. The Balaban J connectivity index is 1.49. The van der Waals surface area contributed by atoms with Crippen LogP contribution in [0.1, 0.15) is 98.8 Å². The first-order chi connectivity index (χ1) is 13.3. The fourth-order valence-electron chi connectivity index (χ4n) is 8.92. The lowest BCUT2D eigenvalue weighted by Gasteiger charge is -2.56. The maximum Gasteiger partial charge on any atom is 0.0496 e. The zero-order valence-corrected chi connectivity index (χ0v) is 19.3. The van der Waals surface area contributed by atoms with Gasteiger partial charge in [-0.15, -0.1) is 0 Å². The number of hydrogen-bond acceptors (Lipinski definition) is 1. The van der Waals surface area contributed by atoms with Crippen molar-refractivity contribution in [2.24, 2.45) is 52.3 Å². The van der Waals surface area contributed by atoms with Gasteiger partial charge in [-0.25, -0.2) is 0 Å². The van der Waals surface area contributed by atoms with E-state index in [0.717, 1.165) is 35.5 Å². The minimum absolute atomic E-state index is 0.371. The van der Waals surface area contributed by atoms with Crippen LogP contribution in [-0.2, 0) is 0 Å². The molecule has 0 aromatic carbocycles. The second-order valence-electron chi connectivity index (χ2n) is 12.1. The second kappa shape index (κ2) is 7.75. The zero-order valence-electron chi connectivity index (χ0n) is 19.3. The summed E-state index contributed by atoms with van der Waals surface area (Å²) in [6, 6.07) is 0. The summed E-state index contributed by atoms with van der Waals surface area (Å²) in [5.74, 6) is 5.93. The molecule has 1 heteroatoms. The summed E-state index contributed by atoms with van der Waals surface area (Å²) < 4.78 is 0. The van der Waals surface area contributed by atoms with E-state index in [1.807, 2.05) is 0 Å². The summed E-state index contributed by atoms with van der Waals surface area (Å²) in [7, 11) is 0. The molecule has 0 unspecified atom stereocenters. The fourth-order valence-corrected chi connectivity index (χ4v) is 8.92. The van der Waals surface area contributed by atoms with E-state index >= 15 is 0 Å². The zero-order chi connectivity index (χ0) is 20.1. The van der Waals surface area contributed by atoms with E-state index in [2.05, 4.69) is 40.7 Å². The van der Waals surface area contributed by atoms with Gasteiger partial charge in [-0.3, -0.25) is 0 Å².